The molecule has 6 aromatic rings. The quantitative estimate of drug-likeness (QED) is 0.0553. The summed E-state index contributed by atoms with van der Waals surface area (Å²) in [4.78, 5) is 49.5. The van der Waals surface area contributed by atoms with Crippen molar-refractivity contribution >= 4 is 56.9 Å². The van der Waals surface area contributed by atoms with Gasteiger partial charge in [-0.2, -0.15) is 0 Å². The van der Waals surface area contributed by atoms with Crippen molar-refractivity contribution in [2.75, 3.05) is 41.0 Å². The molecule has 0 saturated carbocycles. The van der Waals surface area contributed by atoms with Crippen LogP contribution in [0.1, 0.15) is 82.7 Å². The third-order valence-corrected chi connectivity index (χ3v) is 11.5. The van der Waals surface area contributed by atoms with Crippen LogP contribution in [0.2, 0.25) is 10.0 Å². The minimum Gasteiger partial charge on any atom is -0.508 e. The highest BCUT2D eigenvalue weighted by atomic mass is 35.5. The Bertz CT molecular complexity index is 2670. The number of benzene rings is 4. The molecule has 2 aromatic heterocycles. The van der Waals surface area contributed by atoms with Crippen molar-refractivity contribution in [3.63, 3.8) is 0 Å². The van der Waals surface area contributed by atoms with Gasteiger partial charge >= 0.3 is 11.9 Å². The summed E-state index contributed by atoms with van der Waals surface area (Å²) in [5.41, 5.74) is -1.03. The van der Waals surface area contributed by atoms with Crippen LogP contribution in [0.3, 0.4) is 0 Å². The second-order valence-electron chi connectivity index (χ2n) is 16.1. The topological polar surface area (TPSA) is 176 Å². The molecular weight excluding hydrogens is 908 g/mol. The molecular formula is C48H49Cl2F3N2O11. The fourth-order valence-electron chi connectivity index (χ4n) is 7.45. The van der Waals surface area contributed by atoms with Crippen molar-refractivity contribution in [2.24, 2.45) is 11.8 Å². The molecule has 352 valence electrons. The second kappa shape index (κ2) is 22.6. The first kappa shape index (κ1) is 51.2. The van der Waals surface area contributed by atoms with Crippen LogP contribution < -0.4 is 10.9 Å². The summed E-state index contributed by atoms with van der Waals surface area (Å²) in [6.07, 6.45) is 2.29. The largest absolute Gasteiger partial charge is 0.508 e. The van der Waals surface area contributed by atoms with Crippen molar-refractivity contribution in [3.05, 3.63) is 154 Å². The van der Waals surface area contributed by atoms with E-state index in [1.807, 2.05) is 27.7 Å². The predicted molar refractivity (Wildman–Crippen MR) is 244 cm³/mol. The van der Waals surface area contributed by atoms with Gasteiger partial charge in [-0.15, -0.1) is 0 Å². The molecule has 13 nitrogen and oxygen atoms in total. The maximum atomic E-state index is 15.1. The van der Waals surface area contributed by atoms with Crippen molar-refractivity contribution in [3.8, 4) is 5.75 Å². The lowest BCUT2D eigenvalue weighted by molar-refractivity contribution is -0.0458. The molecule has 0 saturated heterocycles. The predicted octanol–water partition coefficient (Wildman–Crippen LogP) is 9.65. The number of phenols is 1. The Balaban J connectivity index is 0.000000247. The Hall–Kier alpha value is -5.75. The Morgan fingerprint density at radius 1 is 0.636 bits per heavy atom. The fraction of sp³-hybridized carbons (Fsp3) is 0.333. The number of methoxy groups -OCH3 is 2. The first-order chi connectivity index (χ1) is 31.3. The van der Waals surface area contributed by atoms with Gasteiger partial charge in [0.1, 0.15) is 47.9 Å². The number of carbonyl (C=O) groups is 2. The van der Waals surface area contributed by atoms with Gasteiger partial charge < -0.3 is 43.4 Å². The number of rotatable bonds is 18. The van der Waals surface area contributed by atoms with Gasteiger partial charge in [-0.1, -0.05) is 75.2 Å². The number of ether oxygens (including phenoxy) is 4. The second-order valence-corrected chi connectivity index (χ2v) is 16.9. The van der Waals surface area contributed by atoms with Gasteiger partial charge in [-0.3, -0.25) is 9.59 Å². The molecule has 0 fully saturated rings. The Labute approximate surface area is 387 Å². The van der Waals surface area contributed by atoms with Crippen molar-refractivity contribution in [2.45, 2.75) is 52.6 Å². The van der Waals surface area contributed by atoms with Crippen LogP contribution in [0.15, 0.2) is 82.6 Å². The number of hydrogen-bond acceptors (Lipinski definition) is 9. The molecule has 0 spiro atoms. The third kappa shape index (κ3) is 11.6. The summed E-state index contributed by atoms with van der Waals surface area (Å²) in [6, 6.07) is 13.4. The number of carboxylic acids is 2. The lowest BCUT2D eigenvalue weighted by Gasteiger charge is -2.26. The zero-order valence-corrected chi connectivity index (χ0v) is 38.4. The Kier molecular flexibility index (Phi) is 17.6. The zero-order chi connectivity index (χ0) is 48.6. The number of pyridine rings is 2. The molecule has 0 radical (unpaired) electrons. The number of carboxylic acid groups (broad SMARTS) is 2. The number of aromatic hydroxyl groups is 1. The van der Waals surface area contributed by atoms with E-state index in [1.54, 1.807) is 21.3 Å². The van der Waals surface area contributed by atoms with Gasteiger partial charge in [-0.05, 0) is 64.4 Å². The molecule has 3 N–H and O–H groups in total. The van der Waals surface area contributed by atoms with E-state index in [0.717, 1.165) is 0 Å². The number of phenolic OH excluding ortho intramolecular Hbond substituents is 1. The molecule has 4 aromatic carbocycles. The van der Waals surface area contributed by atoms with E-state index in [2.05, 4.69) is 0 Å². The molecule has 2 heterocycles. The van der Waals surface area contributed by atoms with E-state index in [0.29, 0.717) is 5.52 Å². The average molecular weight is 958 g/mol. The monoisotopic (exact) mass is 956 g/mol. The van der Waals surface area contributed by atoms with E-state index < -0.39 is 57.4 Å². The van der Waals surface area contributed by atoms with Crippen molar-refractivity contribution < 1.29 is 57.0 Å². The average Bonchev–Trinajstić information content (AvgIpc) is 3.26. The highest BCUT2D eigenvalue weighted by Gasteiger charge is 2.26. The molecule has 0 aliphatic rings. The first-order valence-corrected chi connectivity index (χ1v) is 21.3. The number of hydrogen-bond donors (Lipinski definition) is 3. The van der Waals surface area contributed by atoms with Crippen LogP contribution in [-0.4, -0.2) is 77.4 Å². The molecule has 6 rings (SSSR count). The van der Waals surface area contributed by atoms with E-state index in [1.165, 1.54) is 75.1 Å². The van der Waals surface area contributed by atoms with E-state index in [9.17, 15) is 43.3 Å². The van der Waals surface area contributed by atoms with Gasteiger partial charge in [0, 0.05) is 56.3 Å². The number of nitrogens with zero attached hydrogens (tertiary/aromatic N) is 2. The summed E-state index contributed by atoms with van der Waals surface area (Å²) in [5, 5.41) is 29.9. The molecule has 0 bridgehead atoms. The van der Waals surface area contributed by atoms with Gasteiger partial charge in [-0.25, -0.2) is 22.8 Å². The maximum Gasteiger partial charge on any atom is 0.341 e. The summed E-state index contributed by atoms with van der Waals surface area (Å²) < 4.78 is 67.9. The standard InChI is InChI=1S/C24H24ClF2NO5.C24H25ClFNO6/c1-13(2)21(11-33-12-32-3)28-10-17(24(30)31)23(29)16-8-15(19(26)9-20(16)28)7-14-5-4-6-18(25)22(14)27;1-13(2)20(11-33-12-32-3)27-10-17(24(30)31)23(29)16-8-15(21(28)9-19(16)27)7-14-5-4-6-18(25)22(14)26/h4-6,8-10,13,21H,7,11-12H2,1-3H3,(H,30,31);4-6,8-10,13,20,28H,7,11-12H2,1-3H3,(H,30,31)/t21-;20-/m11/s1. The molecule has 0 unspecified atom stereocenters. The zero-order valence-electron chi connectivity index (χ0n) is 36.9. The molecule has 0 aliphatic heterocycles. The lowest BCUT2D eigenvalue weighted by Crippen LogP contribution is -2.26. The summed E-state index contributed by atoms with van der Waals surface area (Å²) in [6.45, 7) is 8.08. The van der Waals surface area contributed by atoms with Crippen LogP contribution >= 0.6 is 23.2 Å². The smallest absolute Gasteiger partial charge is 0.341 e. The normalized spacial score (nSPS) is 12.4. The van der Waals surface area contributed by atoms with Gasteiger partial charge in [0.25, 0.3) is 0 Å². The van der Waals surface area contributed by atoms with Gasteiger partial charge in [0.05, 0.1) is 46.4 Å². The van der Waals surface area contributed by atoms with Crippen LogP contribution in [-0.2, 0) is 31.8 Å². The van der Waals surface area contributed by atoms with Crippen LogP contribution in [0.25, 0.3) is 21.8 Å². The number of halogens is 5. The number of aromatic carboxylic acids is 2. The van der Waals surface area contributed by atoms with Crippen LogP contribution in [0, 0.1) is 29.3 Å². The lowest BCUT2D eigenvalue weighted by atomic mass is 9.98. The van der Waals surface area contributed by atoms with E-state index in [-0.39, 0.29) is 112 Å². The summed E-state index contributed by atoms with van der Waals surface area (Å²) in [5.74, 6) is -4.92. The maximum absolute atomic E-state index is 15.1. The SMILES string of the molecule is COCOC[C@H](C(C)C)n1cc(C(=O)O)c(=O)c2cc(Cc3cccc(Cl)c3F)c(F)cc21.COCOC[C@H](C(C)C)n1cc(C(=O)O)c(=O)c2cc(Cc3cccc(Cl)c3F)c(O)cc21. The highest BCUT2D eigenvalue weighted by molar-refractivity contribution is 6.31. The van der Waals surface area contributed by atoms with Crippen LogP contribution in [0.5, 0.6) is 5.75 Å². The minimum atomic E-state index is -1.40. The third-order valence-electron chi connectivity index (χ3n) is 11.0. The Morgan fingerprint density at radius 3 is 1.45 bits per heavy atom. The summed E-state index contributed by atoms with van der Waals surface area (Å²) >= 11 is 11.7. The molecule has 0 amide bonds. The Morgan fingerprint density at radius 2 is 1.05 bits per heavy atom. The highest BCUT2D eigenvalue weighted by Crippen LogP contribution is 2.32. The number of aromatic nitrogens is 2. The molecule has 2 atom stereocenters. The van der Waals surface area contributed by atoms with Crippen molar-refractivity contribution in [1.82, 2.24) is 9.13 Å². The first-order valence-electron chi connectivity index (χ1n) is 20.5. The molecule has 18 heteroatoms. The molecule has 66 heavy (non-hydrogen) atoms. The molecule has 0 aliphatic carbocycles. The van der Waals surface area contributed by atoms with E-state index in [4.69, 9.17) is 42.1 Å². The number of fused-ring (bicyclic) bond motifs is 2. The van der Waals surface area contributed by atoms with E-state index >= 15 is 4.39 Å². The van der Waals surface area contributed by atoms with Gasteiger partial charge in [0.2, 0.25) is 10.9 Å². The minimum absolute atomic E-state index is 0.00317. The summed E-state index contributed by atoms with van der Waals surface area (Å²) in [7, 11) is 2.96. The van der Waals surface area contributed by atoms with Crippen molar-refractivity contribution in [1.29, 1.82) is 0 Å². The fourth-order valence-corrected chi connectivity index (χ4v) is 7.84. The van der Waals surface area contributed by atoms with Crippen LogP contribution in [0.4, 0.5) is 13.2 Å². The van der Waals surface area contributed by atoms with Gasteiger partial charge in [0.15, 0.2) is 0 Å².